The van der Waals surface area contributed by atoms with Gasteiger partial charge in [-0.05, 0) is 11.6 Å². The van der Waals surface area contributed by atoms with E-state index in [4.69, 9.17) is 0 Å². The number of benzene rings is 1. The van der Waals surface area contributed by atoms with Crippen LogP contribution in [-0.2, 0) is 9.59 Å². The molecule has 3 nitrogen and oxygen atoms in total. The molecule has 1 aromatic carbocycles. The van der Waals surface area contributed by atoms with E-state index in [-0.39, 0.29) is 18.1 Å². The fourth-order valence-corrected chi connectivity index (χ4v) is 1.34. The van der Waals surface area contributed by atoms with Crippen molar-refractivity contribution in [3.63, 3.8) is 0 Å². The lowest BCUT2D eigenvalue weighted by atomic mass is 10.1. The van der Waals surface area contributed by atoms with Gasteiger partial charge in [-0.2, -0.15) is 0 Å². The van der Waals surface area contributed by atoms with Crippen LogP contribution in [0.4, 0.5) is 0 Å². The van der Waals surface area contributed by atoms with Crippen molar-refractivity contribution in [2.75, 3.05) is 0 Å². The normalized spacial score (nSPS) is 18.7. The monoisotopic (exact) mass is 187 g/mol. The number of hydrogen-bond donors (Lipinski definition) is 1. The van der Waals surface area contributed by atoms with Gasteiger partial charge in [0.15, 0.2) is 5.78 Å². The molecule has 3 heteroatoms. The summed E-state index contributed by atoms with van der Waals surface area (Å²) in [7, 11) is 0. The zero-order valence-corrected chi connectivity index (χ0v) is 7.49. The molecule has 0 atom stereocenters. The minimum absolute atomic E-state index is 0.0291. The molecule has 0 radical (unpaired) electrons. The number of rotatable bonds is 1. The Morgan fingerprint density at radius 2 is 1.86 bits per heavy atom. The average molecular weight is 187 g/mol. The number of hydrogen-bond acceptors (Lipinski definition) is 2. The van der Waals surface area contributed by atoms with Crippen molar-refractivity contribution in [2.24, 2.45) is 0 Å². The Bertz CT molecular complexity index is 407. The van der Waals surface area contributed by atoms with E-state index in [0.29, 0.717) is 5.70 Å². The van der Waals surface area contributed by atoms with Gasteiger partial charge in [-0.25, -0.2) is 0 Å². The van der Waals surface area contributed by atoms with Crippen LogP contribution in [0, 0.1) is 0 Å². The molecule has 1 amide bonds. The molecule has 1 aliphatic rings. The minimum atomic E-state index is -0.225. The van der Waals surface area contributed by atoms with Crippen molar-refractivity contribution in [1.82, 2.24) is 5.32 Å². The number of allylic oxidation sites excluding steroid dienone is 1. The number of amides is 1. The lowest BCUT2D eigenvalue weighted by Crippen LogP contribution is -2.12. The topological polar surface area (TPSA) is 46.2 Å². The van der Waals surface area contributed by atoms with E-state index in [2.05, 4.69) is 5.32 Å². The third-order valence-corrected chi connectivity index (χ3v) is 2.01. The first-order chi connectivity index (χ1) is 6.75. The van der Waals surface area contributed by atoms with Gasteiger partial charge < -0.3 is 5.32 Å². The summed E-state index contributed by atoms with van der Waals surface area (Å²) in [6.45, 7) is 0. The van der Waals surface area contributed by atoms with Crippen molar-refractivity contribution in [3.05, 3.63) is 41.6 Å². The van der Waals surface area contributed by atoms with Gasteiger partial charge in [-0.1, -0.05) is 30.3 Å². The Morgan fingerprint density at radius 3 is 2.43 bits per heavy atom. The SMILES string of the molecule is O=C1CC(=O)C(=Cc2ccccc2)N1. The first-order valence-corrected chi connectivity index (χ1v) is 4.35. The largest absolute Gasteiger partial charge is 0.323 e. The molecule has 0 unspecified atom stereocenters. The van der Waals surface area contributed by atoms with Crippen LogP contribution >= 0.6 is 0 Å². The van der Waals surface area contributed by atoms with E-state index in [1.807, 2.05) is 30.3 Å². The molecule has 1 N–H and O–H groups in total. The molecule has 70 valence electrons. The first-order valence-electron chi connectivity index (χ1n) is 4.35. The Hall–Kier alpha value is -1.90. The average Bonchev–Trinajstić information content (AvgIpc) is 2.47. The van der Waals surface area contributed by atoms with Crippen molar-refractivity contribution >= 4 is 17.8 Å². The lowest BCUT2D eigenvalue weighted by Gasteiger charge is -1.95. The second-order valence-corrected chi connectivity index (χ2v) is 3.12. The molecular weight excluding hydrogens is 178 g/mol. The predicted octanol–water partition coefficient (Wildman–Crippen LogP) is 1.12. The molecule has 1 aliphatic heterocycles. The van der Waals surface area contributed by atoms with Gasteiger partial charge in [0, 0.05) is 0 Å². The van der Waals surface area contributed by atoms with Crippen LogP contribution in [0.1, 0.15) is 12.0 Å². The second kappa shape index (κ2) is 3.46. The molecule has 0 aliphatic carbocycles. The molecule has 1 saturated heterocycles. The molecule has 14 heavy (non-hydrogen) atoms. The number of nitrogens with one attached hydrogen (secondary N) is 1. The van der Waals surface area contributed by atoms with Crippen LogP contribution in [0.5, 0.6) is 0 Å². The van der Waals surface area contributed by atoms with E-state index in [1.165, 1.54) is 0 Å². The Balaban J connectivity index is 2.28. The van der Waals surface area contributed by atoms with Gasteiger partial charge in [0.05, 0.1) is 12.1 Å². The molecule has 2 rings (SSSR count). The molecule has 0 bridgehead atoms. The number of ketones is 1. The Kier molecular flexibility index (Phi) is 2.14. The van der Waals surface area contributed by atoms with Crippen molar-refractivity contribution in [3.8, 4) is 0 Å². The van der Waals surface area contributed by atoms with E-state index < -0.39 is 0 Å². The first kappa shape index (κ1) is 8.69. The fraction of sp³-hybridized carbons (Fsp3) is 0.0909. The van der Waals surface area contributed by atoms with Crippen LogP contribution in [0.3, 0.4) is 0 Å². The maximum absolute atomic E-state index is 11.2. The number of carbonyl (C=O) groups excluding carboxylic acids is 2. The molecule has 0 aromatic heterocycles. The van der Waals surface area contributed by atoms with E-state index in [0.717, 1.165) is 5.56 Å². The van der Waals surface area contributed by atoms with E-state index in [9.17, 15) is 9.59 Å². The van der Waals surface area contributed by atoms with E-state index in [1.54, 1.807) is 6.08 Å². The summed E-state index contributed by atoms with van der Waals surface area (Å²) in [4.78, 5) is 22.1. The molecule has 0 spiro atoms. The maximum atomic E-state index is 11.2. The summed E-state index contributed by atoms with van der Waals surface area (Å²) in [6.07, 6.45) is 1.66. The molecule has 1 aromatic rings. The van der Waals surface area contributed by atoms with Crippen molar-refractivity contribution in [2.45, 2.75) is 6.42 Å². The highest BCUT2D eigenvalue weighted by Gasteiger charge is 2.23. The number of carbonyl (C=O) groups is 2. The molecule has 1 fully saturated rings. The summed E-state index contributed by atoms with van der Waals surface area (Å²) < 4.78 is 0. The fourth-order valence-electron chi connectivity index (χ4n) is 1.34. The van der Waals surface area contributed by atoms with Crippen LogP contribution < -0.4 is 5.32 Å². The minimum Gasteiger partial charge on any atom is -0.323 e. The summed E-state index contributed by atoms with van der Waals surface area (Å²) in [5.74, 6) is -0.365. The van der Waals surface area contributed by atoms with Crippen LogP contribution in [-0.4, -0.2) is 11.7 Å². The zero-order valence-electron chi connectivity index (χ0n) is 7.49. The van der Waals surface area contributed by atoms with Gasteiger partial charge >= 0.3 is 0 Å². The Morgan fingerprint density at radius 1 is 1.14 bits per heavy atom. The predicted molar refractivity (Wildman–Crippen MR) is 52.2 cm³/mol. The number of Topliss-reactive ketones (excluding diaryl/α,β-unsaturated/α-hetero) is 1. The highest BCUT2D eigenvalue weighted by atomic mass is 16.2. The van der Waals surface area contributed by atoms with Gasteiger partial charge in [0.2, 0.25) is 5.91 Å². The molecule has 0 saturated carbocycles. The van der Waals surface area contributed by atoms with Gasteiger partial charge in [0.25, 0.3) is 0 Å². The third kappa shape index (κ3) is 1.71. The summed E-state index contributed by atoms with van der Waals surface area (Å²) >= 11 is 0. The summed E-state index contributed by atoms with van der Waals surface area (Å²) in [6, 6.07) is 9.42. The van der Waals surface area contributed by atoms with Crippen LogP contribution in [0.2, 0.25) is 0 Å². The van der Waals surface area contributed by atoms with E-state index >= 15 is 0 Å². The van der Waals surface area contributed by atoms with Crippen LogP contribution in [0.25, 0.3) is 6.08 Å². The van der Waals surface area contributed by atoms with Gasteiger partial charge in [-0.15, -0.1) is 0 Å². The van der Waals surface area contributed by atoms with Crippen molar-refractivity contribution in [1.29, 1.82) is 0 Å². The molecule has 1 heterocycles. The van der Waals surface area contributed by atoms with Crippen LogP contribution in [0.15, 0.2) is 36.0 Å². The maximum Gasteiger partial charge on any atom is 0.232 e. The standard InChI is InChI=1S/C11H9NO2/c13-10-7-11(14)12-9(10)6-8-4-2-1-3-5-8/h1-6H,7H2,(H,12,14). The lowest BCUT2D eigenvalue weighted by molar-refractivity contribution is -0.121. The Labute approximate surface area is 81.4 Å². The van der Waals surface area contributed by atoms with Crippen molar-refractivity contribution < 1.29 is 9.59 Å². The quantitative estimate of drug-likeness (QED) is 0.529. The van der Waals surface area contributed by atoms with Gasteiger partial charge in [-0.3, -0.25) is 9.59 Å². The summed E-state index contributed by atoms with van der Waals surface area (Å²) in [5, 5.41) is 2.52. The third-order valence-electron chi connectivity index (χ3n) is 2.01. The zero-order chi connectivity index (χ0) is 9.97. The highest BCUT2D eigenvalue weighted by molar-refractivity contribution is 6.16. The second-order valence-electron chi connectivity index (χ2n) is 3.12. The summed E-state index contributed by atoms with van der Waals surface area (Å²) in [5.41, 5.74) is 1.30. The molecular formula is C11H9NO2. The highest BCUT2D eigenvalue weighted by Crippen LogP contribution is 2.11. The smallest absolute Gasteiger partial charge is 0.232 e. The van der Waals surface area contributed by atoms with Gasteiger partial charge in [0.1, 0.15) is 0 Å².